The molecule has 0 saturated carbocycles. The van der Waals surface area contributed by atoms with Crippen LogP contribution in [-0.2, 0) is 37.5 Å². The molecular weight excluding hydrogens is 732 g/mol. The van der Waals surface area contributed by atoms with Crippen LogP contribution in [0.15, 0.2) is 48.6 Å². The summed E-state index contributed by atoms with van der Waals surface area (Å²) in [5.41, 5.74) is 3.23. The van der Waals surface area contributed by atoms with Gasteiger partial charge in [-0.25, -0.2) is 0 Å². The minimum atomic E-state index is -4.96. The molecule has 0 spiro atoms. The molecule has 0 aromatic heterocycles. The van der Waals surface area contributed by atoms with Crippen LogP contribution in [0.4, 0.5) is 0 Å². The molecule has 55 heavy (non-hydrogen) atoms. The standard InChI is InChI=1S/C42H74NO10P.Na/c1-3-5-7-9-11-13-15-17-19-21-23-25-27-29-31-33-40(44)50-35-38(36-51-54(48,49)52-37-39(43)42(46)47)53-41(45)34-32-30-28-26-24-22-20-18-16-14-12-10-8-6-4-2;/h11-14,17-20,38-39H,3-10,15-16,21-37,43H2,1-2H3,(H,46,47)(H,48,49);/q;+1/p-1/b13-11+,14-12+,19-17+,20-18+;. The monoisotopic (exact) mass is 805 g/mol. The summed E-state index contributed by atoms with van der Waals surface area (Å²) in [4.78, 5) is 48.0. The van der Waals surface area contributed by atoms with Crippen LogP contribution in [0.25, 0.3) is 0 Å². The Hall–Kier alpha value is -1.56. The van der Waals surface area contributed by atoms with E-state index in [0.717, 1.165) is 89.9 Å². The molecule has 0 bridgehead atoms. The third-order valence-electron chi connectivity index (χ3n) is 8.58. The van der Waals surface area contributed by atoms with Gasteiger partial charge in [-0.05, 0) is 77.0 Å². The Morgan fingerprint density at radius 2 is 0.982 bits per heavy atom. The summed E-state index contributed by atoms with van der Waals surface area (Å²) in [6.45, 7) is 2.61. The Bertz CT molecular complexity index is 1110. The molecule has 0 heterocycles. The number of aliphatic carboxylic acids is 1. The van der Waals surface area contributed by atoms with Gasteiger partial charge in [0.05, 0.1) is 6.61 Å². The molecule has 3 atom stereocenters. The first kappa shape index (κ1) is 55.5. The summed E-state index contributed by atoms with van der Waals surface area (Å²) in [6.07, 6.45) is 40.1. The Morgan fingerprint density at radius 3 is 1.44 bits per heavy atom. The Kier molecular flexibility index (Phi) is 41.0. The van der Waals surface area contributed by atoms with Gasteiger partial charge in [0.25, 0.3) is 7.82 Å². The number of carbonyl (C=O) groups excluding carboxylic acids is 3. The van der Waals surface area contributed by atoms with E-state index >= 15 is 0 Å². The zero-order chi connectivity index (χ0) is 40.0. The average molecular weight is 806 g/mol. The van der Waals surface area contributed by atoms with Crippen LogP contribution in [0.1, 0.15) is 168 Å². The van der Waals surface area contributed by atoms with Crippen molar-refractivity contribution >= 4 is 25.7 Å². The van der Waals surface area contributed by atoms with Gasteiger partial charge in [-0.15, -0.1) is 0 Å². The first-order valence-corrected chi connectivity index (χ1v) is 22.2. The first-order valence-electron chi connectivity index (χ1n) is 20.7. The number of esters is 2. The smallest absolute Gasteiger partial charge is 0.756 e. The minimum Gasteiger partial charge on any atom is -0.756 e. The fourth-order valence-electron chi connectivity index (χ4n) is 5.24. The number of carbonyl (C=O) groups is 3. The molecule has 13 heteroatoms. The van der Waals surface area contributed by atoms with E-state index in [2.05, 4.69) is 72.7 Å². The maximum absolute atomic E-state index is 12.6. The molecule has 0 aliphatic heterocycles. The SMILES string of the molecule is CCCCC/C=C/C/C=C/CCCCCCCC(=O)OCC(COP(=O)([O-])OCC([NH3+])C(=O)[O-])OC(=O)CCCCCCC/C=C/C/C=C/CCCCC.[Na+]. The number of unbranched alkanes of at least 4 members (excludes halogenated alkanes) is 16. The van der Waals surface area contributed by atoms with Crippen LogP contribution < -0.4 is 45.3 Å². The third-order valence-corrected chi connectivity index (χ3v) is 9.51. The molecule has 3 unspecified atom stereocenters. The van der Waals surface area contributed by atoms with Gasteiger partial charge in [0.1, 0.15) is 25.2 Å². The van der Waals surface area contributed by atoms with Crippen molar-refractivity contribution in [1.29, 1.82) is 0 Å². The van der Waals surface area contributed by atoms with Crippen molar-refractivity contribution in [3.05, 3.63) is 48.6 Å². The molecule has 0 aliphatic rings. The number of rotatable bonds is 38. The van der Waals surface area contributed by atoms with Crippen LogP contribution in [-0.4, -0.2) is 49.9 Å². The van der Waals surface area contributed by atoms with E-state index in [1.807, 2.05) is 0 Å². The molecule has 0 saturated heterocycles. The summed E-state index contributed by atoms with van der Waals surface area (Å²) in [6, 6.07) is -1.43. The third kappa shape index (κ3) is 40.4. The predicted molar refractivity (Wildman–Crippen MR) is 211 cm³/mol. The molecule has 0 aliphatic carbocycles. The summed E-state index contributed by atoms with van der Waals surface area (Å²) in [7, 11) is -4.96. The van der Waals surface area contributed by atoms with Crippen LogP contribution in [0, 0.1) is 0 Å². The van der Waals surface area contributed by atoms with Crippen molar-refractivity contribution in [2.75, 3.05) is 19.8 Å². The van der Waals surface area contributed by atoms with Crippen molar-refractivity contribution in [2.45, 2.75) is 180 Å². The van der Waals surface area contributed by atoms with Crippen molar-refractivity contribution in [1.82, 2.24) is 0 Å². The number of hydrogen-bond donors (Lipinski definition) is 1. The maximum Gasteiger partial charge on any atom is 1.00 e. The van der Waals surface area contributed by atoms with Gasteiger partial charge in [0.2, 0.25) is 0 Å². The van der Waals surface area contributed by atoms with Gasteiger partial charge in [0.15, 0.2) is 6.10 Å². The van der Waals surface area contributed by atoms with Gasteiger partial charge in [-0.1, -0.05) is 127 Å². The van der Waals surface area contributed by atoms with Crippen LogP contribution in [0.2, 0.25) is 0 Å². The van der Waals surface area contributed by atoms with Gasteiger partial charge in [-0.2, -0.15) is 0 Å². The summed E-state index contributed by atoms with van der Waals surface area (Å²) < 4.78 is 32.3. The van der Waals surface area contributed by atoms with Gasteiger partial charge in [-0.3, -0.25) is 14.2 Å². The molecule has 312 valence electrons. The number of ether oxygens (including phenoxy) is 2. The van der Waals surface area contributed by atoms with E-state index in [9.17, 15) is 28.9 Å². The number of quaternary nitrogens is 1. The number of carboxylic acid groups (broad SMARTS) is 1. The van der Waals surface area contributed by atoms with Gasteiger partial charge >= 0.3 is 41.5 Å². The molecule has 0 amide bonds. The van der Waals surface area contributed by atoms with Crippen molar-refractivity contribution in [3.8, 4) is 0 Å². The van der Waals surface area contributed by atoms with Crippen molar-refractivity contribution in [2.24, 2.45) is 0 Å². The molecular formula is C42H73NNaO10P. The first-order chi connectivity index (χ1) is 26.1. The van der Waals surface area contributed by atoms with Crippen LogP contribution in [0.3, 0.4) is 0 Å². The molecule has 3 N–H and O–H groups in total. The maximum atomic E-state index is 12.6. The fraction of sp³-hybridized carbons (Fsp3) is 0.738. The van der Waals surface area contributed by atoms with E-state index < -0.39 is 51.1 Å². The Morgan fingerprint density at radius 1 is 0.582 bits per heavy atom. The zero-order valence-electron chi connectivity index (χ0n) is 34.6. The van der Waals surface area contributed by atoms with E-state index in [0.29, 0.717) is 12.8 Å². The topological polar surface area (TPSA) is 179 Å². The molecule has 0 radical (unpaired) electrons. The van der Waals surface area contributed by atoms with Crippen LogP contribution >= 0.6 is 7.82 Å². The number of phosphoric ester groups is 1. The molecule has 0 fully saturated rings. The number of hydrogen-bond acceptors (Lipinski definition) is 10. The second-order valence-electron chi connectivity index (χ2n) is 13.8. The largest absolute Gasteiger partial charge is 1.00 e. The zero-order valence-corrected chi connectivity index (χ0v) is 37.5. The fourth-order valence-corrected chi connectivity index (χ4v) is 6.03. The summed E-state index contributed by atoms with van der Waals surface area (Å²) >= 11 is 0. The second-order valence-corrected chi connectivity index (χ2v) is 15.2. The molecule has 11 nitrogen and oxygen atoms in total. The molecule has 0 aromatic carbocycles. The molecule has 0 aromatic rings. The van der Waals surface area contributed by atoms with Crippen LogP contribution in [0.5, 0.6) is 0 Å². The van der Waals surface area contributed by atoms with Crippen molar-refractivity contribution in [3.63, 3.8) is 0 Å². The summed E-state index contributed by atoms with van der Waals surface area (Å²) in [5.74, 6) is -2.62. The van der Waals surface area contributed by atoms with E-state index in [-0.39, 0.29) is 49.0 Å². The number of carboxylic acids is 1. The normalized spacial score (nSPS) is 14.0. The Balaban J connectivity index is 0. The predicted octanol–water partition coefficient (Wildman–Crippen LogP) is 4.93. The number of phosphoric acid groups is 1. The van der Waals surface area contributed by atoms with Gasteiger partial charge in [0, 0.05) is 12.8 Å². The van der Waals surface area contributed by atoms with E-state index in [4.69, 9.17) is 14.0 Å². The van der Waals surface area contributed by atoms with E-state index in [1.165, 1.54) is 38.5 Å². The minimum absolute atomic E-state index is 0. The summed E-state index contributed by atoms with van der Waals surface area (Å²) in [5, 5.41) is 10.8. The average Bonchev–Trinajstić information content (AvgIpc) is 3.14. The quantitative estimate of drug-likeness (QED) is 0.0296. The van der Waals surface area contributed by atoms with Crippen molar-refractivity contribution < 1.29 is 82.8 Å². The Labute approximate surface area is 355 Å². The molecule has 0 rings (SSSR count). The van der Waals surface area contributed by atoms with Gasteiger partial charge < -0.3 is 39.0 Å². The second kappa shape index (κ2) is 40.6. The van der Waals surface area contributed by atoms with E-state index in [1.54, 1.807) is 0 Å². The number of allylic oxidation sites excluding steroid dienone is 8.